The quantitative estimate of drug-likeness (QED) is 0.699. The minimum absolute atomic E-state index is 0.0139. The van der Waals surface area contributed by atoms with Crippen molar-refractivity contribution in [2.45, 2.75) is 32.7 Å². The predicted octanol–water partition coefficient (Wildman–Crippen LogP) is 3.65. The highest BCUT2D eigenvalue weighted by Crippen LogP contribution is 2.32. The van der Waals surface area contributed by atoms with Gasteiger partial charge in [-0.15, -0.1) is 0 Å². The van der Waals surface area contributed by atoms with Gasteiger partial charge in [-0.25, -0.2) is 12.8 Å². The summed E-state index contributed by atoms with van der Waals surface area (Å²) < 4.78 is 39.2. The Hall–Kier alpha value is -0.560. The molecule has 1 rings (SSSR count). The number of nitrogens with one attached hydrogen (secondary N) is 2. The Morgan fingerprint density at radius 1 is 1.19 bits per heavy atom. The van der Waals surface area contributed by atoms with Crippen LogP contribution in [0.1, 0.15) is 26.7 Å². The van der Waals surface area contributed by atoms with E-state index in [0.29, 0.717) is 12.5 Å². The van der Waals surface area contributed by atoms with E-state index < -0.39 is 15.8 Å². The Bertz CT molecular complexity index is 557. The lowest BCUT2D eigenvalue weighted by atomic mass is 10.3. The first-order chi connectivity index (χ1) is 9.71. The molecule has 0 heterocycles. The van der Waals surface area contributed by atoms with Crippen LogP contribution in [0.5, 0.6) is 0 Å². The SMILES string of the molecule is CC(C)NCCCCS(=O)(=O)Nc1c(Cl)cc(F)cc1Cl. The zero-order valence-corrected chi connectivity index (χ0v) is 14.2. The lowest BCUT2D eigenvalue weighted by molar-refractivity contribution is 0.561. The molecule has 0 atom stereocenters. The molecule has 1 aromatic rings. The Kier molecular flexibility index (Phi) is 7.20. The van der Waals surface area contributed by atoms with Gasteiger partial charge in [-0.2, -0.15) is 0 Å². The van der Waals surface area contributed by atoms with E-state index in [1.807, 2.05) is 13.8 Å². The van der Waals surface area contributed by atoms with Crippen molar-refractivity contribution in [2.75, 3.05) is 17.0 Å². The van der Waals surface area contributed by atoms with E-state index in [9.17, 15) is 12.8 Å². The van der Waals surface area contributed by atoms with Crippen molar-refractivity contribution in [1.29, 1.82) is 0 Å². The molecule has 1 aromatic carbocycles. The molecular formula is C13H19Cl2FN2O2S. The highest BCUT2D eigenvalue weighted by molar-refractivity contribution is 7.92. The molecule has 0 aliphatic heterocycles. The fraction of sp³-hybridized carbons (Fsp3) is 0.538. The minimum atomic E-state index is -3.56. The second-order valence-corrected chi connectivity index (χ2v) is 7.64. The second kappa shape index (κ2) is 8.17. The molecule has 0 spiro atoms. The molecule has 0 saturated heterocycles. The van der Waals surface area contributed by atoms with Crippen LogP contribution in [0.4, 0.5) is 10.1 Å². The molecule has 120 valence electrons. The van der Waals surface area contributed by atoms with Crippen molar-refractivity contribution >= 4 is 38.9 Å². The van der Waals surface area contributed by atoms with Crippen LogP contribution in [-0.2, 0) is 10.0 Å². The van der Waals surface area contributed by atoms with Gasteiger partial charge in [0.15, 0.2) is 0 Å². The number of halogens is 3. The maximum absolute atomic E-state index is 13.0. The summed E-state index contributed by atoms with van der Waals surface area (Å²) in [6, 6.07) is 2.40. The molecule has 0 aromatic heterocycles. The summed E-state index contributed by atoms with van der Waals surface area (Å²) in [7, 11) is -3.56. The highest BCUT2D eigenvalue weighted by Gasteiger charge is 2.16. The van der Waals surface area contributed by atoms with Crippen molar-refractivity contribution in [3.05, 3.63) is 28.0 Å². The first kappa shape index (κ1) is 18.5. The van der Waals surface area contributed by atoms with E-state index in [0.717, 1.165) is 25.1 Å². The molecule has 0 unspecified atom stereocenters. The van der Waals surface area contributed by atoms with E-state index >= 15 is 0 Å². The average Bonchev–Trinajstić information content (AvgIpc) is 2.33. The van der Waals surface area contributed by atoms with Gasteiger partial charge in [-0.1, -0.05) is 37.0 Å². The standard InChI is InChI=1S/C13H19Cl2FN2O2S/c1-9(2)17-5-3-4-6-21(19,20)18-13-11(14)7-10(16)8-12(13)15/h7-9,17-18H,3-6H2,1-2H3. The summed E-state index contributed by atoms with van der Waals surface area (Å²) in [5.41, 5.74) is 0.0139. The molecule has 2 N–H and O–H groups in total. The molecule has 4 nitrogen and oxygen atoms in total. The maximum atomic E-state index is 13.0. The third kappa shape index (κ3) is 6.82. The van der Waals surface area contributed by atoms with Crippen molar-refractivity contribution in [3.63, 3.8) is 0 Å². The van der Waals surface area contributed by atoms with Crippen LogP contribution in [-0.4, -0.2) is 26.8 Å². The van der Waals surface area contributed by atoms with Crippen LogP contribution in [0.3, 0.4) is 0 Å². The van der Waals surface area contributed by atoms with Gasteiger partial charge >= 0.3 is 0 Å². The fourth-order valence-corrected chi connectivity index (χ4v) is 3.54. The van der Waals surface area contributed by atoms with Crippen molar-refractivity contribution in [1.82, 2.24) is 5.32 Å². The Balaban J connectivity index is 2.57. The van der Waals surface area contributed by atoms with Crippen LogP contribution in [0.15, 0.2) is 12.1 Å². The third-order valence-corrected chi connectivity index (χ3v) is 4.59. The summed E-state index contributed by atoms with van der Waals surface area (Å²) in [6.07, 6.45) is 1.25. The summed E-state index contributed by atoms with van der Waals surface area (Å²) in [5, 5.41) is 3.08. The minimum Gasteiger partial charge on any atom is -0.315 e. The second-order valence-electron chi connectivity index (χ2n) is 4.98. The number of benzene rings is 1. The molecule has 21 heavy (non-hydrogen) atoms. The van der Waals surface area contributed by atoms with Crippen LogP contribution in [0.25, 0.3) is 0 Å². The van der Waals surface area contributed by atoms with Gasteiger partial charge in [0.25, 0.3) is 0 Å². The Morgan fingerprint density at radius 2 is 1.76 bits per heavy atom. The Labute approximate surface area is 135 Å². The van der Waals surface area contributed by atoms with Gasteiger partial charge in [-0.3, -0.25) is 4.72 Å². The van der Waals surface area contributed by atoms with Crippen molar-refractivity contribution < 1.29 is 12.8 Å². The number of hydrogen-bond donors (Lipinski definition) is 2. The van der Waals surface area contributed by atoms with Gasteiger partial charge in [0.05, 0.1) is 21.5 Å². The molecule has 0 saturated carbocycles. The zero-order valence-electron chi connectivity index (χ0n) is 11.9. The van der Waals surface area contributed by atoms with Crippen LogP contribution < -0.4 is 10.0 Å². The monoisotopic (exact) mass is 356 g/mol. The lowest BCUT2D eigenvalue weighted by Gasteiger charge is -2.12. The number of hydrogen-bond acceptors (Lipinski definition) is 3. The zero-order chi connectivity index (χ0) is 16.0. The number of rotatable bonds is 8. The Morgan fingerprint density at radius 3 is 2.29 bits per heavy atom. The predicted molar refractivity (Wildman–Crippen MR) is 86.2 cm³/mol. The average molecular weight is 357 g/mol. The smallest absolute Gasteiger partial charge is 0.232 e. The van der Waals surface area contributed by atoms with Crippen molar-refractivity contribution in [3.8, 4) is 0 Å². The molecule has 0 amide bonds. The largest absolute Gasteiger partial charge is 0.315 e. The van der Waals surface area contributed by atoms with Gasteiger partial charge < -0.3 is 5.32 Å². The van der Waals surface area contributed by atoms with Gasteiger partial charge in [0, 0.05) is 6.04 Å². The summed E-state index contributed by atoms with van der Waals surface area (Å²) in [4.78, 5) is 0. The van der Waals surface area contributed by atoms with E-state index in [4.69, 9.17) is 23.2 Å². The number of unbranched alkanes of at least 4 members (excludes halogenated alkanes) is 1. The van der Waals surface area contributed by atoms with Gasteiger partial charge in [0.1, 0.15) is 5.82 Å². The first-order valence-corrected chi connectivity index (χ1v) is 9.00. The number of anilines is 1. The molecule has 8 heteroatoms. The summed E-state index contributed by atoms with van der Waals surface area (Å²) >= 11 is 11.6. The van der Waals surface area contributed by atoms with Crippen LogP contribution >= 0.6 is 23.2 Å². The molecular weight excluding hydrogens is 338 g/mol. The molecule has 0 aliphatic rings. The molecule has 0 fully saturated rings. The summed E-state index contributed by atoms with van der Waals surface area (Å²) in [5.74, 6) is -0.663. The normalized spacial score (nSPS) is 11.9. The van der Waals surface area contributed by atoms with E-state index in [2.05, 4.69) is 10.0 Å². The van der Waals surface area contributed by atoms with E-state index in [-0.39, 0.29) is 21.5 Å². The van der Waals surface area contributed by atoms with Gasteiger partial charge in [0.2, 0.25) is 10.0 Å². The lowest BCUT2D eigenvalue weighted by Crippen LogP contribution is -2.24. The molecule has 0 radical (unpaired) electrons. The van der Waals surface area contributed by atoms with Crippen LogP contribution in [0.2, 0.25) is 10.0 Å². The molecule has 0 bridgehead atoms. The number of sulfonamides is 1. The topological polar surface area (TPSA) is 58.2 Å². The maximum Gasteiger partial charge on any atom is 0.232 e. The molecule has 0 aliphatic carbocycles. The first-order valence-electron chi connectivity index (χ1n) is 6.59. The fourth-order valence-electron chi connectivity index (χ4n) is 1.65. The van der Waals surface area contributed by atoms with Gasteiger partial charge in [-0.05, 0) is 31.5 Å². The van der Waals surface area contributed by atoms with E-state index in [1.54, 1.807) is 0 Å². The van der Waals surface area contributed by atoms with Crippen molar-refractivity contribution in [2.24, 2.45) is 0 Å². The third-order valence-electron chi connectivity index (χ3n) is 2.66. The summed E-state index contributed by atoms with van der Waals surface area (Å²) in [6.45, 7) is 4.80. The van der Waals surface area contributed by atoms with E-state index in [1.165, 1.54) is 0 Å². The highest BCUT2D eigenvalue weighted by atomic mass is 35.5. The van der Waals surface area contributed by atoms with Crippen LogP contribution in [0, 0.1) is 5.82 Å².